The third kappa shape index (κ3) is 9.34. The summed E-state index contributed by atoms with van der Waals surface area (Å²) < 4.78 is 0. The Morgan fingerprint density at radius 2 is 1.43 bits per heavy atom. The Hall–Kier alpha value is -0.300. The van der Waals surface area contributed by atoms with E-state index in [2.05, 4.69) is 54.0 Å². The van der Waals surface area contributed by atoms with Gasteiger partial charge >= 0.3 is 0 Å². The molecule has 0 aliphatic heterocycles. The minimum Gasteiger partial charge on any atom is -0.0925 e. The Balaban J connectivity index is 2.09. The molecule has 0 aromatic heterocycles. The molecule has 1 unspecified atom stereocenters. The van der Waals surface area contributed by atoms with E-state index in [0.29, 0.717) is 0 Å². The van der Waals surface area contributed by atoms with Crippen LogP contribution in [0, 0.1) is 12.8 Å². The third-order valence-electron chi connectivity index (χ3n) is 4.33. The number of aryl methyl sites for hydroxylation is 1. The molecule has 0 N–H and O–H groups in total. The zero-order valence-corrected chi connectivity index (χ0v) is 15.6. The van der Waals surface area contributed by atoms with Crippen molar-refractivity contribution >= 4 is 15.9 Å². The van der Waals surface area contributed by atoms with Gasteiger partial charge in [-0.3, -0.25) is 0 Å². The largest absolute Gasteiger partial charge is 0.0925 e. The SMILES string of the molecule is CCCCCCCCCCC(CBr)Cc1ccc(C)cc1. The number of alkyl halides is 1. The van der Waals surface area contributed by atoms with Crippen LogP contribution >= 0.6 is 15.9 Å². The molecule has 0 amide bonds. The molecule has 1 aromatic rings. The van der Waals surface area contributed by atoms with Crippen LogP contribution in [-0.2, 0) is 6.42 Å². The minimum atomic E-state index is 0.799. The van der Waals surface area contributed by atoms with Crippen molar-refractivity contribution in [3.63, 3.8) is 0 Å². The first-order valence-electron chi connectivity index (χ1n) is 8.87. The maximum Gasteiger partial charge on any atom is 0.00628 e. The number of halogens is 1. The molecule has 1 aromatic carbocycles. The van der Waals surface area contributed by atoms with Crippen LogP contribution in [0.2, 0.25) is 0 Å². The average Bonchev–Trinajstić information content (AvgIpc) is 2.50. The van der Waals surface area contributed by atoms with E-state index in [9.17, 15) is 0 Å². The van der Waals surface area contributed by atoms with E-state index < -0.39 is 0 Å². The topological polar surface area (TPSA) is 0 Å². The summed E-state index contributed by atoms with van der Waals surface area (Å²) in [4.78, 5) is 0. The number of hydrogen-bond acceptors (Lipinski definition) is 0. The van der Waals surface area contributed by atoms with Gasteiger partial charge in [-0.15, -0.1) is 0 Å². The number of hydrogen-bond donors (Lipinski definition) is 0. The van der Waals surface area contributed by atoms with E-state index in [-0.39, 0.29) is 0 Å². The fourth-order valence-corrected chi connectivity index (χ4v) is 3.41. The lowest BCUT2D eigenvalue weighted by atomic mass is 9.94. The molecular formula is C20H33Br. The van der Waals surface area contributed by atoms with Gasteiger partial charge in [-0.2, -0.15) is 0 Å². The first-order valence-corrected chi connectivity index (χ1v) is 10.00. The van der Waals surface area contributed by atoms with Crippen LogP contribution in [0.15, 0.2) is 24.3 Å². The molecule has 0 spiro atoms. The van der Waals surface area contributed by atoms with Crippen molar-refractivity contribution in [3.05, 3.63) is 35.4 Å². The molecule has 0 saturated heterocycles. The first-order chi connectivity index (χ1) is 10.3. The summed E-state index contributed by atoms with van der Waals surface area (Å²) in [5, 5.41) is 1.14. The highest BCUT2D eigenvalue weighted by atomic mass is 79.9. The van der Waals surface area contributed by atoms with Crippen LogP contribution in [0.25, 0.3) is 0 Å². The molecule has 0 bridgehead atoms. The lowest BCUT2D eigenvalue weighted by molar-refractivity contribution is 0.486. The maximum atomic E-state index is 3.70. The molecular weight excluding hydrogens is 320 g/mol. The number of unbranched alkanes of at least 4 members (excludes halogenated alkanes) is 7. The van der Waals surface area contributed by atoms with Gasteiger partial charge in [0.2, 0.25) is 0 Å². The predicted molar refractivity (Wildman–Crippen MR) is 99.4 cm³/mol. The van der Waals surface area contributed by atoms with Gasteiger partial charge in [0, 0.05) is 5.33 Å². The lowest BCUT2D eigenvalue weighted by Gasteiger charge is -2.14. The Kier molecular flexibility index (Phi) is 10.9. The quantitative estimate of drug-likeness (QED) is 0.278. The van der Waals surface area contributed by atoms with E-state index in [1.165, 1.54) is 75.3 Å². The van der Waals surface area contributed by atoms with Gasteiger partial charge < -0.3 is 0 Å². The van der Waals surface area contributed by atoms with Crippen LogP contribution in [0.5, 0.6) is 0 Å². The molecule has 0 saturated carbocycles. The summed E-state index contributed by atoms with van der Waals surface area (Å²) in [6.07, 6.45) is 13.9. The van der Waals surface area contributed by atoms with Crippen molar-refractivity contribution in [1.29, 1.82) is 0 Å². The van der Waals surface area contributed by atoms with Crippen molar-refractivity contribution in [2.24, 2.45) is 5.92 Å². The Labute approximate surface area is 140 Å². The monoisotopic (exact) mass is 352 g/mol. The van der Waals surface area contributed by atoms with Crippen molar-refractivity contribution in [2.45, 2.75) is 78.1 Å². The van der Waals surface area contributed by atoms with Crippen LogP contribution in [0.4, 0.5) is 0 Å². The predicted octanol–water partition coefficient (Wildman–Crippen LogP) is 7.08. The summed E-state index contributed by atoms with van der Waals surface area (Å²) in [6.45, 7) is 4.45. The van der Waals surface area contributed by atoms with Crippen LogP contribution < -0.4 is 0 Å². The van der Waals surface area contributed by atoms with Gasteiger partial charge in [0.1, 0.15) is 0 Å². The van der Waals surface area contributed by atoms with Crippen molar-refractivity contribution in [2.75, 3.05) is 5.33 Å². The normalized spacial score (nSPS) is 12.5. The fraction of sp³-hybridized carbons (Fsp3) is 0.700. The number of benzene rings is 1. The second kappa shape index (κ2) is 12.3. The minimum absolute atomic E-state index is 0.799. The van der Waals surface area contributed by atoms with Gasteiger partial charge in [-0.25, -0.2) is 0 Å². The molecule has 0 nitrogen and oxygen atoms in total. The summed E-state index contributed by atoms with van der Waals surface area (Å²) in [5.74, 6) is 0.799. The molecule has 120 valence electrons. The van der Waals surface area contributed by atoms with Gasteiger partial charge in [-0.1, -0.05) is 104 Å². The zero-order valence-electron chi connectivity index (χ0n) is 14.0. The molecule has 21 heavy (non-hydrogen) atoms. The highest BCUT2D eigenvalue weighted by Crippen LogP contribution is 2.19. The van der Waals surface area contributed by atoms with Crippen molar-refractivity contribution in [1.82, 2.24) is 0 Å². The molecule has 0 radical (unpaired) electrons. The van der Waals surface area contributed by atoms with E-state index >= 15 is 0 Å². The second-order valence-electron chi connectivity index (χ2n) is 6.47. The van der Waals surface area contributed by atoms with Gasteiger partial charge in [0.15, 0.2) is 0 Å². The molecule has 1 heteroatoms. The Morgan fingerprint density at radius 1 is 0.857 bits per heavy atom. The van der Waals surface area contributed by atoms with E-state index in [1.54, 1.807) is 0 Å². The van der Waals surface area contributed by atoms with Crippen LogP contribution in [0.1, 0.15) is 75.8 Å². The highest BCUT2D eigenvalue weighted by molar-refractivity contribution is 9.09. The second-order valence-corrected chi connectivity index (χ2v) is 7.12. The lowest BCUT2D eigenvalue weighted by Crippen LogP contribution is -2.06. The first kappa shape index (κ1) is 18.7. The van der Waals surface area contributed by atoms with E-state index in [4.69, 9.17) is 0 Å². The molecule has 0 heterocycles. The van der Waals surface area contributed by atoms with Crippen LogP contribution in [0.3, 0.4) is 0 Å². The maximum absolute atomic E-state index is 3.70. The summed E-state index contributed by atoms with van der Waals surface area (Å²) >= 11 is 3.70. The third-order valence-corrected chi connectivity index (χ3v) is 5.24. The van der Waals surface area contributed by atoms with Crippen molar-refractivity contribution in [3.8, 4) is 0 Å². The van der Waals surface area contributed by atoms with Crippen molar-refractivity contribution < 1.29 is 0 Å². The van der Waals surface area contributed by atoms with Gasteiger partial charge in [0.25, 0.3) is 0 Å². The smallest absolute Gasteiger partial charge is 0.00628 e. The van der Waals surface area contributed by atoms with E-state index in [1.807, 2.05) is 0 Å². The standard InChI is InChI=1S/C20H33Br/c1-3-4-5-6-7-8-9-10-11-20(17-21)16-19-14-12-18(2)13-15-19/h12-15,20H,3-11,16-17H2,1-2H3. The van der Waals surface area contributed by atoms with E-state index in [0.717, 1.165) is 11.2 Å². The summed E-state index contributed by atoms with van der Waals surface area (Å²) in [5.41, 5.74) is 2.85. The fourth-order valence-electron chi connectivity index (χ4n) is 2.86. The summed E-state index contributed by atoms with van der Waals surface area (Å²) in [7, 11) is 0. The van der Waals surface area contributed by atoms with Gasteiger partial charge in [-0.05, 0) is 31.2 Å². The highest BCUT2D eigenvalue weighted by Gasteiger charge is 2.08. The molecule has 1 rings (SSSR count). The molecule has 0 aliphatic rings. The molecule has 0 fully saturated rings. The van der Waals surface area contributed by atoms with Gasteiger partial charge in [0.05, 0.1) is 0 Å². The average molecular weight is 353 g/mol. The Bertz CT molecular complexity index is 341. The summed E-state index contributed by atoms with van der Waals surface area (Å²) in [6, 6.07) is 9.05. The molecule has 1 atom stereocenters. The number of rotatable bonds is 12. The molecule has 0 aliphatic carbocycles. The Morgan fingerprint density at radius 3 is 2.00 bits per heavy atom. The van der Waals surface area contributed by atoms with Crippen LogP contribution in [-0.4, -0.2) is 5.33 Å². The zero-order chi connectivity index (χ0) is 15.3.